The molecule has 26 heavy (non-hydrogen) atoms. The summed E-state index contributed by atoms with van der Waals surface area (Å²) in [5.41, 5.74) is 2.39. The van der Waals surface area contributed by atoms with Gasteiger partial charge in [-0.25, -0.2) is 4.98 Å². The van der Waals surface area contributed by atoms with Crippen molar-refractivity contribution < 1.29 is 14.2 Å². The molecule has 0 unspecified atom stereocenters. The fourth-order valence-corrected chi connectivity index (χ4v) is 2.81. The van der Waals surface area contributed by atoms with Crippen molar-refractivity contribution in [1.29, 1.82) is 0 Å². The molecule has 0 aliphatic rings. The van der Waals surface area contributed by atoms with E-state index in [0.717, 1.165) is 42.1 Å². The number of hydrogen-bond donors (Lipinski definition) is 1. The van der Waals surface area contributed by atoms with Crippen LogP contribution in [0.5, 0.6) is 17.4 Å². The average molecular weight is 359 g/mol. The van der Waals surface area contributed by atoms with Gasteiger partial charge in [-0.15, -0.1) is 0 Å². The zero-order chi connectivity index (χ0) is 19.1. The van der Waals surface area contributed by atoms with Gasteiger partial charge >= 0.3 is 0 Å². The molecule has 0 saturated carbocycles. The number of benzene rings is 1. The minimum absolute atomic E-state index is 0.362. The van der Waals surface area contributed by atoms with Crippen molar-refractivity contribution in [2.24, 2.45) is 0 Å². The Morgan fingerprint density at radius 1 is 0.962 bits per heavy atom. The van der Waals surface area contributed by atoms with Crippen molar-refractivity contribution in [3.8, 4) is 28.6 Å². The van der Waals surface area contributed by atoms with Crippen molar-refractivity contribution in [3.63, 3.8) is 0 Å². The van der Waals surface area contributed by atoms with Gasteiger partial charge in [0.1, 0.15) is 17.2 Å². The van der Waals surface area contributed by atoms with Crippen LogP contribution in [0.2, 0.25) is 0 Å². The molecule has 2 aromatic rings. The van der Waals surface area contributed by atoms with Crippen LogP contribution >= 0.6 is 0 Å². The number of anilines is 1. The first kappa shape index (κ1) is 19.8. The fraction of sp³-hybridized carbons (Fsp3) is 0.500. The maximum absolute atomic E-state index is 5.54. The third kappa shape index (κ3) is 4.18. The number of ether oxygens (including phenoxy) is 3. The summed E-state index contributed by atoms with van der Waals surface area (Å²) in [5.74, 6) is 2.65. The second kappa shape index (κ2) is 9.27. The van der Waals surface area contributed by atoms with Gasteiger partial charge < -0.3 is 19.5 Å². The Kier molecular flexibility index (Phi) is 7.06. The normalized spacial score (nSPS) is 10.7. The highest BCUT2D eigenvalue weighted by Crippen LogP contribution is 2.37. The zero-order valence-electron chi connectivity index (χ0n) is 16.5. The van der Waals surface area contributed by atoms with Gasteiger partial charge in [-0.3, -0.25) is 0 Å². The molecule has 1 aromatic heterocycles. The van der Waals surface area contributed by atoms with E-state index in [2.05, 4.69) is 26.1 Å². The largest absolute Gasteiger partial charge is 0.497 e. The topological polar surface area (TPSA) is 65.5 Å². The van der Waals surface area contributed by atoms with E-state index in [4.69, 9.17) is 24.2 Å². The number of hydrogen-bond acceptors (Lipinski definition) is 6. The molecule has 1 aromatic carbocycles. The summed E-state index contributed by atoms with van der Waals surface area (Å²) >= 11 is 0. The van der Waals surface area contributed by atoms with Crippen LogP contribution in [0.3, 0.4) is 0 Å². The molecule has 6 nitrogen and oxygen atoms in total. The van der Waals surface area contributed by atoms with E-state index in [0.29, 0.717) is 23.4 Å². The molecule has 0 atom stereocenters. The van der Waals surface area contributed by atoms with Crippen LogP contribution in [0.25, 0.3) is 11.3 Å². The molecule has 0 fully saturated rings. The Morgan fingerprint density at radius 2 is 1.69 bits per heavy atom. The molecule has 0 aliphatic heterocycles. The molecule has 142 valence electrons. The predicted octanol–water partition coefficient (Wildman–Crippen LogP) is 4.33. The first-order chi connectivity index (χ1) is 12.6. The summed E-state index contributed by atoms with van der Waals surface area (Å²) in [5, 5.41) is 3.49. The molecule has 6 heteroatoms. The number of nitrogens with zero attached hydrogens (tertiary/aromatic N) is 2. The van der Waals surface area contributed by atoms with Gasteiger partial charge in [-0.1, -0.05) is 20.8 Å². The zero-order valence-corrected chi connectivity index (χ0v) is 16.5. The van der Waals surface area contributed by atoms with Crippen molar-refractivity contribution >= 4 is 5.82 Å². The fourth-order valence-electron chi connectivity index (χ4n) is 2.81. The van der Waals surface area contributed by atoms with E-state index in [9.17, 15) is 0 Å². The third-order valence-corrected chi connectivity index (χ3v) is 4.45. The van der Waals surface area contributed by atoms with E-state index in [1.165, 1.54) is 0 Å². The summed E-state index contributed by atoms with van der Waals surface area (Å²) in [6.45, 7) is 6.39. The number of methoxy groups -OCH3 is 3. The van der Waals surface area contributed by atoms with Crippen LogP contribution in [0.4, 0.5) is 5.82 Å². The highest BCUT2D eigenvalue weighted by atomic mass is 16.5. The first-order valence-electron chi connectivity index (χ1n) is 9.05. The molecule has 1 N–H and O–H groups in total. The minimum Gasteiger partial charge on any atom is -0.497 e. The molecular weight excluding hydrogens is 330 g/mol. The maximum Gasteiger partial charge on any atom is 0.242 e. The van der Waals surface area contributed by atoms with Crippen molar-refractivity contribution in [3.05, 3.63) is 23.9 Å². The molecule has 0 spiro atoms. The predicted molar refractivity (Wildman–Crippen MR) is 104 cm³/mol. The van der Waals surface area contributed by atoms with E-state index >= 15 is 0 Å². The lowest BCUT2D eigenvalue weighted by molar-refractivity contribution is 0.390. The van der Waals surface area contributed by atoms with Crippen molar-refractivity contribution in [1.82, 2.24) is 9.97 Å². The second-order valence-corrected chi connectivity index (χ2v) is 5.95. The number of aryl methyl sites for hydroxylation is 1. The number of aromatic nitrogens is 2. The quantitative estimate of drug-likeness (QED) is 0.719. The van der Waals surface area contributed by atoms with Crippen LogP contribution in [-0.4, -0.2) is 37.3 Å². The third-order valence-electron chi connectivity index (χ3n) is 4.45. The monoisotopic (exact) mass is 359 g/mol. The van der Waals surface area contributed by atoms with Crippen LogP contribution in [0.1, 0.15) is 39.3 Å². The summed E-state index contributed by atoms with van der Waals surface area (Å²) in [4.78, 5) is 9.56. The van der Waals surface area contributed by atoms with Gasteiger partial charge in [0, 0.05) is 17.7 Å². The van der Waals surface area contributed by atoms with Gasteiger partial charge in [0.15, 0.2) is 5.82 Å². The molecule has 0 bridgehead atoms. The van der Waals surface area contributed by atoms with Gasteiger partial charge in [0.05, 0.1) is 27.0 Å². The molecule has 1 heterocycles. The highest BCUT2D eigenvalue weighted by molar-refractivity contribution is 5.73. The van der Waals surface area contributed by atoms with Crippen LogP contribution in [-0.2, 0) is 6.42 Å². The molecular formula is C20H29N3O3. The minimum atomic E-state index is 0.362. The maximum atomic E-state index is 5.54. The lowest BCUT2D eigenvalue weighted by Crippen LogP contribution is -2.20. The number of nitrogens with one attached hydrogen (secondary N) is 1. The molecule has 0 aliphatic carbocycles. The van der Waals surface area contributed by atoms with Gasteiger partial charge in [0.25, 0.3) is 0 Å². The summed E-state index contributed by atoms with van der Waals surface area (Å²) in [7, 11) is 4.86. The summed E-state index contributed by atoms with van der Waals surface area (Å²) in [6.07, 6.45) is 2.82. The molecule has 0 saturated heterocycles. The lowest BCUT2D eigenvalue weighted by Gasteiger charge is -2.20. The van der Waals surface area contributed by atoms with E-state index < -0.39 is 0 Å². The van der Waals surface area contributed by atoms with E-state index in [1.807, 2.05) is 18.2 Å². The van der Waals surface area contributed by atoms with Gasteiger partial charge in [-0.2, -0.15) is 4.98 Å². The van der Waals surface area contributed by atoms with Crippen LogP contribution in [0.15, 0.2) is 18.2 Å². The van der Waals surface area contributed by atoms with Crippen molar-refractivity contribution in [2.75, 3.05) is 26.6 Å². The Morgan fingerprint density at radius 3 is 2.23 bits per heavy atom. The van der Waals surface area contributed by atoms with Crippen molar-refractivity contribution in [2.45, 2.75) is 46.1 Å². The van der Waals surface area contributed by atoms with E-state index in [1.54, 1.807) is 21.3 Å². The molecule has 0 amide bonds. The van der Waals surface area contributed by atoms with Gasteiger partial charge in [0.2, 0.25) is 5.88 Å². The summed E-state index contributed by atoms with van der Waals surface area (Å²) in [6, 6.07) is 5.98. The Balaban J connectivity index is 2.56. The average Bonchev–Trinajstić information content (AvgIpc) is 2.70. The molecule has 2 rings (SSSR count). The van der Waals surface area contributed by atoms with Crippen LogP contribution < -0.4 is 19.5 Å². The smallest absolute Gasteiger partial charge is 0.242 e. The Hall–Kier alpha value is -2.50. The second-order valence-electron chi connectivity index (χ2n) is 5.95. The Labute approximate surface area is 155 Å². The number of rotatable bonds is 9. The summed E-state index contributed by atoms with van der Waals surface area (Å²) < 4.78 is 16.3. The first-order valence-corrected chi connectivity index (χ1v) is 9.05. The highest BCUT2D eigenvalue weighted by Gasteiger charge is 2.19. The Bertz CT molecular complexity index is 730. The SMILES string of the molecule is CCc1nc(-c2ccc(OC)cc2OC)c(OC)nc1NC(CC)CC. The molecule has 0 radical (unpaired) electrons. The standard InChI is InChI=1S/C20H29N3O3/c1-7-13(8-2)21-19-16(9-3)22-18(20(23-19)26-6)15-11-10-14(24-4)12-17(15)25-5/h10-13H,7-9H2,1-6H3,(H,21,23). The van der Waals surface area contributed by atoms with Gasteiger partial charge in [-0.05, 0) is 31.4 Å². The van der Waals surface area contributed by atoms with Crippen LogP contribution in [0, 0.1) is 0 Å². The lowest BCUT2D eigenvalue weighted by atomic mass is 10.1. The van der Waals surface area contributed by atoms with E-state index in [-0.39, 0.29) is 0 Å².